The van der Waals surface area contributed by atoms with Crippen LogP contribution in [0.2, 0.25) is 0 Å². The maximum absolute atomic E-state index is 14.0. The van der Waals surface area contributed by atoms with Crippen LogP contribution in [-0.4, -0.2) is 29.8 Å². The molecule has 1 N–H and O–H groups in total. The Hall–Kier alpha value is -3.74. The number of likely N-dealkylation sites (tertiary alicyclic amines) is 1. The minimum atomic E-state index is -0.884. The molecule has 3 aromatic carbocycles. The fourth-order valence-electron chi connectivity index (χ4n) is 3.81. The van der Waals surface area contributed by atoms with Gasteiger partial charge in [0.05, 0.1) is 11.3 Å². The molecule has 33 heavy (non-hydrogen) atoms. The molecule has 0 unspecified atom stereocenters. The highest BCUT2D eigenvalue weighted by molar-refractivity contribution is 5.96. The van der Waals surface area contributed by atoms with Crippen molar-refractivity contribution < 1.29 is 23.1 Å². The summed E-state index contributed by atoms with van der Waals surface area (Å²) in [5.41, 5.74) is 1.52. The summed E-state index contributed by atoms with van der Waals surface area (Å²) in [5.74, 6) is -1.36. The molecule has 0 radical (unpaired) electrons. The van der Waals surface area contributed by atoms with Crippen molar-refractivity contribution in [3.05, 3.63) is 89.5 Å². The van der Waals surface area contributed by atoms with E-state index in [4.69, 9.17) is 4.74 Å². The minimum absolute atomic E-state index is 0.157. The largest absolute Gasteiger partial charge is 0.455 e. The van der Waals surface area contributed by atoms with Crippen molar-refractivity contribution in [3.8, 4) is 11.5 Å². The third kappa shape index (κ3) is 5.37. The first-order chi connectivity index (χ1) is 15.9. The van der Waals surface area contributed by atoms with Crippen LogP contribution in [0, 0.1) is 24.5 Å². The first-order valence-corrected chi connectivity index (χ1v) is 10.8. The quantitative estimate of drug-likeness (QED) is 0.554. The average Bonchev–Trinajstić information content (AvgIpc) is 2.81. The summed E-state index contributed by atoms with van der Waals surface area (Å²) in [4.78, 5) is 27.0. The summed E-state index contributed by atoms with van der Waals surface area (Å²) < 4.78 is 33.0. The Morgan fingerprint density at radius 1 is 0.970 bits per heavy atom. The van der Waals surface area contributed by atoms with E-state index >= 15 is 0 Å². The number of carbonyl (C=O) groups is 2. The van der Waals surface area contributed by atoms with Gasteiger partial charge in [-0.15, -0.1) is 0 Å². The van der Waals surface area contributed by atoms with E-state index < -0.39 is 17.5 Å². The van der Waals surface area contributed by atoms with Crippen molar-refractivity contribution in [1.29, 1.82) is 0 Å². The van der Waals surface area contributed by atoms with Gasteiger partial charge in [0.2, 0.25) is 5.91 Å². The fraction of sp³-hybridized carbons (Fsp3) is 0.231. The molecule has 7 heteroatoms. The lowest BCUT2D eigenvalue weighted by Gasteiger charge is -2.31. The Kier molecular flexibility index (Phi) is 6.68. The van der Waals surface area contributed by atoms with Crippen LogP contribution in [0.3, 0.4) is 0 Å². The molecule has 1 heterocycles. The van der Waals surface area contributed by atoms with Gasteiger partial charge in [-0.25, -0.2) is 8.78 Å². The highest BCUT2D eigenvalue weighted by Gasteiger charge is 2.29. The number of benzene rings is 3. The lowest BCUT2D eigenvalue weighted by atomic mass is 9.95. The molecule has 5 nitrogen and oxygen atoms in total. The van der Waals surface area contributed by atoms with Crippen LogP contribution in [0.15, 0.2) is 66.7 Å². The Morgan fingerprint density at radius 3 is 2.36 bits per heavy atom. The molecule has 1 saturated heterocycles. The summed E-state index contributed by atoms with van der Waals surface area (Å²) in [6, 6.07) is 17.7. The predicted octanol–water partition coefficient (Wildman–Crippen LogP) is 5.56. The first-order valence-electron chi connectivity index (χ1n) is 10.8. The van der Waals surface area contributed by atoms with Crippen LogP contribution in [0.1, 0.15) is 28.8 Å². The molecular formula is C26H24F2N2O3. The third-order valence-electron chi connectivity index (χ3n) is 5.71. The minimum Gasteiger partial charge on any atom is -0.455 e. The summed E-state index contributed by atoms with van der Waals surface area (Å²) in [5, 5.41) is 2.93. The molecule has 1 fully saturated rings. The van der Waals surface area contributed by atoms with Gasteiger partial charge in [-0.05, 0) is 56.2 Å². The molecule has 2 amide bonds. The van der Waals surface area contributed by atoms with Crippen molar-refractivity contribution in [3.63, 3.8) is 0 Å². The molecule has 1 aliphatic rings. The van der Waals surface area contributed by atoms with Crippen molar-refractivity contribution >= 4 is 17.5 Å². The second-order valence-electron chi connectivity index (χ2n) is 8.09. The second kappa shape index (κ2) is 9.81. The number of piperidine rings is 1. The number of carbonyl (C=O) groups excluding carboxylic acids is 2. The molecule has 170 valence electrons. The second-order valence-corrected chi connectivity index (χ2v) is 8.09. The third-order valence-corrected chi connectivity index (χ3v) is 5.71. The number of hydrogen-bond donors (Lipinski definition) is 1. The molecule has 4 rings (SSSR count). The maximum Gasteiger partial charge on any atom is 0.256 e. The standard InChI is InChI=1S/C26H24F2N2O3/c1-17-6-9-20(10-7-17)33-24-5-3-2-4-23(24)29-25(31)18-12-14-30(15-13-18)26(32)21-11-8-19(27)16-22(21)28/h2-11,16,18H,12-15H2,1H3,(H,29,31). The summed E-state index contributed by atoms with van der Waals surface area (Å²) in [6.45, 7) is 2.62. The zero-order chi connectivity index (χ0) is 23.4. The Labute approximate surface area is 191 Å². The van der Waals surface area contributed by atoms with Gasteiger partial charge in [0.15, 0.2) is 5.75 Å². The van der Waals surface area contributed by atoms with Gasteiger partial charge in [-0.1, -0.05) is 29.8 Å². The van der Waals surface area contributed by atoms with E-state index in [1.54, 1.807) is 12.1 Å². The van der Waals surface area contributed by atoms with Crippen LogP contribution in [-0.2, 0) is 4.79 Å². The smallest absolute Gasteiger partial charge is 0.256 e. The molecule has 0 bridgehead atoms. The Bertz CT molecular complexity index is 1160. The van der Waals surface area contributed by atoms with Crippen molar-refractivity contribution in [2.75, 3.05) is 18.4 Å². The molecule has 0 saturated carbocycles. The van der Waals surface area contributed by atoms with Crippen LogP contribution in [0.5, 0.6) is 11.5 Å². The zero-order valence-electron chi connectivity index (χ0n) is 18.2. The molecule has 3 aromatic rings. The average molecular weight is 450 g/mol. The number of nitrogens with zero attached hydrogens (tertiary/aromatic N) is 1. The van der Waals surface area contributed by atoms with Crippen LogP contribution in [0.4, 0.5) is 14.5 Å². The zero-order valence-corrected chi connectivity index (χ0v) is 18.2. The lowest BCUT2D eigenvalue weighted by Crippen LogP contribution is -2.41. The number of ether oxygens (including phenoxy) is 1. The lowest BCUT2D eigenvalue weighted by molar-refractivity contribution is -0.121. The van der Waals surface area contributed by atoms with Crippen molar-refractivity contribution in [2.24, 2.45) is 5.92 Å². The molecule has 0 spiro atoms. The SMILES string of the molecule is Cc1ccc(Oc2ccccc2NC(=O)C2CCN(C(=O)c3ccc(F)cc3F)CC2)cc1. The van der Waals surface area contributed by atoms with Gasteiger partial charge in [0.25, 0.3) is 5.91 Å². The van der Waals surface area contributed by atoms with Gasteiger partial charge < -0.3 is 15.0 Å². The number of aryl methyl sites for hydroxylation is 1. The van der Waals surface area contributed by atoms with E-state index in [2.05, 4.69) is 5.32 Å². The molecule has 0 atom stereocenters. The van der Waals surface area contributed by atoms with Crippen molar-refractivity contribution in [2.45, 2.75) is 19.8 Å². The number of rotatable bonds is 5. The fourth-order valence-corrected chi connectivity index (χ4v) is 3.81. The predicted molar refractivity (Wildman–Crippen MR) is 121 cm³/mol. The summed E-state index contributed by atoms with van der Waals surface area (Å²) in [7, 11) is 0. The van der Waals surface area contributed by atoms with Gasteiger partial charge in [0.1, 0.15) is 17.4 Å². The van der Waals surface area contributed by atoms with E-state index in [9.17, 15) is 18.4 Å². The number of halogens is 2. The topological polar surface area (TPSA) is 58.6 Å². The van der Waals surface area contributed by atoms with Gasteiger partial charge >= 0.3 is 0 Å². The first kappa shape index (κ1) is 22.5. The Balaban J connectivity index is 1.37. The highest BCUT2D eigenvalue weighted by atomic mass is 19.1. The Morgan fingerprint density at radius 2 is 1.67 bits per heavy atom. The van der Waals surface area contributed by atoms with Crippen LogP contribution in [0.25, 0.3) is 0 Å². The van der Waals surface area contributed by atoms with E-state index in [1.165, 1.54) is 4.90 Å². The summed E-state index contributed by atoms with van der Waals surface area (Å²) >= 11 is 0. The van der Waals surface area contributed by atoms with E-state index in [-0.39, 0.29) is 17.4 Å². The van der Waals surface area contributed by atoms with Gasteiger partial charge in [-0.2, -0.15) is 0 Å². The molecule has 0 aromatic heterocycles. The van der Waals surface area contributed by atoms with E-state index in [0.29, 0.717) is 49.2 Å². The monoisotopic (exact) mass is 450 g/mol. The van der Waals surface area contributed by atoms with Crippen molar-refractivity contribution in [1.82, 2.24) is 4.90 Å². The number of para-hydroxylation sites is 2. The number of nitrogens with one attached hydrogen (secondary N) is 1. The van der Waals surface area contributed by atoms with E-state index in [0.717, 1.165) is 17.7 Å². The number of hydrogen-bond acceptors (Lipinski definition) is 3. The molecule has 1 aliphatic heterocycles. The molecular weight excluding hydrogens is 426 g/mol. The summed E-state index contributed by atoms with van der Waals surface area (Å²) in [6.07, 6.45) is 0.892. The molecule has 0 aliphatic carbocycles. The van der Waals surface area contributed by atoms with Gasteiger partial charge in [0, 0.05) is 25.1 Å². The van der Waals surface area contributed by atoms with Gasteiger partial charge in [-0.3, -0.25) is 9.59 Å². The normalized spacial score (nSPS) is 14.1. The highest BCUT2D eigenvalue weighted by Crippen LogP contribution is 2.31. The number of amides is 2. The maximum atomic E-state index is 14.0. The van der Waals surface area contributed by atoms with Crippen LogP contribution < -0.4 is 10.1 Å². The van der Waals surface area contributed by atoms with Crippen LogP contribution >= 0.6 is 0 Å². The van der Waals surface area contributed by atoms with E-state index in [1.807, 2.05) is 43.3 Å². The number of anilines is 1.